The summed E-state index contributed by atoms with van der Waals surface area (Å²) in [5.74, 6) is -2.15. The molecule has 0 aliphatic carbocycles. The van der Waals surface area contributed by atoms with Crippen LogP contribution in [0.1, 0.15) is 68.2 Å². The van der Waals surface area contributed by atoms with E-state index in [0.29, 0.717) is 35.6 Å². The lowest BCUT2D eigenvalue weighted by atomic mass is 10.1. The predicted octanol–water partition coefficient (Wildman–Crippen LogP) is 5.18. The van der Waals surface area contributed by atoms with Crippen LogP contribution < -0.4 is 11.1 Å². The van der Waals surface area contributed by atoms with E-state index >= 15 is 0 Å². The number of anilines is 2. The number of piperidine rings is 1. The van der Waals surface area contributed by atoms with Gasteiger partial charge in [0.25, 0.3) is 5.91 Å². The molecule has 0 radical (unpaired) electrons. The number of nitrogens with one attached hydrogen (secondary N) is 1. The number of nitrogens with two attached hydrogens (primary N) is 1. The van der Waals surface area contributed by atoms with Crippen molar-refractivity contribution >= 4 is 29.5 Å². The molecule has 2 amide bonds. The molecule has 4 aromatic rings. The second kappa shape index (κ2) is 17.2. The second-order valence-corrected chi connectivity index (χ2v) is 14.6. The molecule has 2 aromatic heterocycles. The summed E-state index contributed by atoms with van der Waals surface area (Å²) >= 11 is 0. The Kier molecular flexibility index (Phi) is 12.2. The van der Waals surface area contributed by atoms with Gasteiger partial charge in [-0.05, 0) is 77.4 Å². The van der Waals surface area contributed by atoms with Gasteiger partial charge in [0.05, 0.1) is 24.1 Å². The zero-order valence-electron chi connectivity index (χ0n) is 31.0. The molecule has 1 atom stereocenters. The lowest BCUT2D eigenvalue weighted by Crippen LogP contribution is -2.50. The Morgan fingerprint density at radius 2 is 1.59 bits per heavy atom. The Balaban J connectivity index is 1.00. The highest BCUT2D eigenvalue weighted by Gasteiger charge is 2.29. The number of nitrogens with zero attached hydrogens (tertiary/aromatic N) is 7. The van der Waals surface area contributed by atoms with E-state index in [1.54, 1.807) is 41.4 Å². The highest BCUT2D eigenvalue weighted by Crippen LogP contribution is 2.27. The molecular formula is C39H48FN9O5. The Labute approximate surface area is 314 Å². The summed E-state index contributed by atoms with van der Waals surface area (Å²) in [5.41, 5.74) is 7.19. The average Bonchev–Trinajstić information content (AvgIpc) is 3.65. The predicted molar refractivity (Wildman–Crippen MR) is 201 cm³/mol. The van der Waals surface area contributed by atoms with Crippen molar-refractivity contribution < 1.29 is 28.2 Å². The van der Waals surface area contributed by atoms with E-state index in [2.05, 4.69) is 30.2 Å². The van der Waals surface area contributed by atoms with Gasteiger partial charge in [0, 0.05) is 62.3 Å². The van der Waals surface area contributed by atoms with Crippen LogP contribution >= 0.6 is 0 Å². The fourth-order valence-electron chi connectivity index (χ4n) is 6.57. The Morgan fingerprint density at radius 1 is 0.926 bits per heavy atom. The fraction of sp³-hybridized carbons (Fsp3) is 0.436. The highest BCUT2D eigenvalue weighted by atomic mass is 19.1. The third kappa shape index (κ3) is 10.2. The van der Waals surface area contributed by atoms with Gasteiger partial charge in [0.1, 0.15) is 11.4 Å². The van der Waals surface area contributed by atoms with E-state index in [-0.39, 0.29) is 23.6 Å². The molecule has 286 valence electrons. The first-order valence-corrected chi connectivity index (χ1v) is 18.3. The molecule has 4 heterocycles. The van der Waals surface area contributed by atoms with Crippen LogP contribution in [0, 0.1) is 5.82 Å². The van der Waals surface area contributed by atoms with Crippen molar-refractivity contribution in [1.82, 2.24) is 34.4 Å². The zero-order chi connectivity index (χ0) is 38.2. The number of ether oxygens (including phenoxy) is 2. The third-order valence-electron chi connectivity index (χ3n) is 9.47. The lowest BCUT2D eigenvalue weighted by Gasteiger charge is -2.36. The van der Waals surface area contributed by atoms with Gasteiger partial charge in [0.2, 0.25) is 6.10 Å². The molecule has 2 saturated heterocycles. The number of likely N-dealkylation sites (tertiary alicyclic amines) is 1. The molecule has 0 unspecified atom stereocenters. The largest absolute Gasteiger partial charge is 0.444 e. The van der Waals surface area contributed by atoms with E-state index in [0.717, 1.165) is 58.5 Å². The number of benzene rings is 2. The summed E-state index contributed by atoms with van der Waals surface area (Å²) in [7, 11) is 0. The number of hydrogen-bond donors (Lipinski definition) is 2. The van der Waals surface area contributed by atoms with Crippen LogP contribution in [0.3, 0.4) is 0 Å². The number of halogens is 1. The van der Waals surface area contributed by atoms with E-state index in [1.165, 1.54) is 30.5 Å². The molecule has 14 nitrogen and oxygen atoms in total. The van der Waals surface area contributed by atoms with Crippen molar-refractivity contribution in [2.24, 2.45) is 0 Å². The molecule has 0 saturated carbocycles. The van der Waals surface area contributed by atoms with Crippen LogP contribution in [0.4, 0.5) is 20.7 Å². The molecule has 2 fully saturated rings. The van der Waals surface area contributed by atoms with Crippen LogP contribution in [0.5, 0.6) is 0 Å². The van der Waals surface area contributed by atoms with Crippen molar-refractivity contribution in [3.8, 4) is 11.3 Å². The number of esters is 1. The molecule has 54 heavy (non-hydrogen) atoms. The number of piperazine rings is 1. The van der Waals surface area contributed by atoms with Gasteiger partial charge in [-0.3, -0.25) is 14.4 Å². The minimum atomic E-state index is -1.34. The van der Waals surface area contributed by atoms with Crippen molar-refractivity contribution in [2.75, 3.05) is 63.4 Å². The minimum absolute atomic E-state index is 0.141. The molecular weight excluding hydrogens is 693 g/mol. The molecule has 2 aliphatic rings. The Morgan fingerprint density at radius 3 is 2.26 bits per heavy atom. The van der Waals surface area contributed by atoms with Crippen molar-refractivity contribution in [2.45, 2.75) is 57.8 Å². The maximum atomic E-state index is 13.5. The van der Waals surface area contributed by atoms with Crippen molar-refractivity contribution in [3.63, 3.8) is 0 Å². The standard InChI is InChI=1S/C39H48FN9O5/c1-39(2,3)54-38(52)48-22-20-47(21-23-48)17-7-16-46-18-14-31(15-19-46)49-26-28(24-43-49)32-25-42-35(41)33(45-32)37(51)53-34(27-8-5-4-6-9-27)36(50)44-30-12-10-29(40)11-13-30/h4-6,8-13,24-26,31,34H,7,14-23H2,1-3H3,(H2,41,42)(H,44,50)/t34-/m1/s1. The van der Waals surface area contributed by atoms with Crippen molar-refractivity contribution in [1.29, 1.82) is 0 Å². The SMILES string of the molecule is CC(C)(C)OC(=O)N1CCN(CCCN2CCC(n3cc(-c4cnc(N)c(C(=O)O[C@@H](C(=O)Nc5ccc(F)cc5)c5ccccc5)n4)cn3)CC2)CC1. The van der Waals surface area contributed by atoms with Gasteiger partial charge in [-0.25, -0.2) is 23.9 Å². The van der Waals surface area contributed by atoms with Crippen LogP contribution in [0.15, 0.2) is 73.2 Å². The molecule has 2 aliphatic heterocycles. The number of rotatable bonds is 11. The Bertz CT molecular complexity index is 1880. The lowest BCUT2D eigenvalue weighted by molar-refractivity contribution is -0.125. The second-order valence-electron chi connectivity index (χ2n) is 14.6. The summed E-state index contributed by atoms with van der Waals surface area (Å²) in [6, 6.07) is 14.0. The van der Waals surface area contributed by atoms with Crippen LogP contribution in [-0.2, 0) is 14.3 Å². The maximum absolute atomic E-state index is 13.5. The zero-order valence-corrected chi connectivity index (χ0v) is 31.0. The monoisotopic (exact) mass is 741 g/mol. The number of aromatic nitrogens is 4. The third-order valence-corrected chi connectivity index (χ3v) is 9.47. The first-order valence-electron chi connectivity index (χ1n) is 18.3. The molecule has 0 spiro atoms. The van der Waals surface area contributed by atoms with E-state index in [9.17, 15) is 18.8 Å². The topological polar surface area (TPSA) is 161 Å². The van der Waals surface area contributed by atoms with Crippen LogP contribution in [-0.4, -0.2) is 110 Å². The fourth-order valence-corrected chi connectivity index (χ4v) is 6.57. The quantitative estimate of drug-likeness (QED) is 0.195. The molecule has 2 aromatic carbocycles. The van der Waals surface area contributed by atoms with Crippen molar-refractivity contribution in [3.05, 3.63) is 90.3 Å². The normalized spacial score (nSPS) is 16.5. The Hall–Kier alpha value is -5.41. The summed E-state index contributed by atoms with van der Waals surface area (Å²) in [6.07, 6.45) is 6.44. The van der Waals surface area contributed by atoms with Gasteiger partial charge in [0.15, 0.2) is 11.5 Å². The number of carbonyl (C=O) groups is 3. The summed E-state index contributed by atoms with van der Waals surface area (Å²) in [4.78, 5) is 54.5. The summed E-state index contributed by atoms with van der Waals surface area (Å²) < 4.78 is 26.6. The van der Waals surface area contributed by atoms with Gasteiger partial charge >= 0.3 is 12.1 Å². The first kappa shape index (κ1) is 38.3. The van der Waals surface area contributed by atoms with Gasteiger partial charge in [-0.1, -0.05) is 30.3 Å². The molecule has 0 bridgehead atoms. The van der Waals surface area contributed by atoms with Gasteiger partial charge < -0.3 is 30.3 Å². The van der Waals surface area contributed by atoms with Gasteiger partial charge in [-0.2, -0.15) is 5.10 Å². The van der Waals surface area contributed by atoms with Crippen LogP contribution in [0.2, 0.25) is 0 Å². The van der Waals surface area contributed by atoms with Crippen LogP contribution in [0.25, 0.3) is 11.3 Å². The maximum Gasteiger partial charge on any atom is 0.410 e. The molecule has 15 heteroatoms. The minimum Gasteiger partial charge on any atom is -0.444 e. The number of amides is 2. The molecule has 3 N–H and O–H groups in total. The summed E-state index contributed by atoms with van der Waals surface area (Å²) in [5, 5.41) is 7.28. The van der Waals surface area contributed by atoms with E-state index < -0.39 is 29.4 Å². The van der Waals surface area contributed by atoms with E-state index in [4.69, 9.17) is 15.2 Å². The molecule has 6 rings (SSSR count). The average molecular weight is 742 g/mol. The first-order chi connectivity index (χ1) is 25.9. The van der Waals surface area contributed by atoms with Gasteiger partial charge in [-0.15, -0.1) is 0 Å². The number of nitrogen functional groups attached to an aromatic ring is 1. The smallest absolute Gasteiger partial charge is 0.410 e. The van der Waals surface area contributed by atoms with E-state index in [1.807, 2.05) is 31.6 Å². The highest BCUT2D eigenvalue weighted by molar-refractivity contribution is 5.99. The summed E-state index contributed by atoms with van der Waals surface area (Å²) in [6.45, 7) is 12.7. The number of hydrogen-bond acceptors (Lipinski definition) is 11. The number of carbonyl (C=O) groups excluding carboxylic acids is 3.